The molecule has 0 amide bonds. The summed E-state index contributed by atoms with van der Waals surface area (Å²) in [6.07, 6.45) is 5.25. The van der Waals surface area contributed by atoms with Gasteiger partial charge in [0.25, 0.3) is 0 Å². The van der Waals surface area contributed by atoms with Crippen molar-refractivity contribution >= 4 is 0 Å². The highest BCUT2D eigenvalue weighted by atomic mass is 15.3. The van der Waals surface area contributed by atoms with Crippen molar-refractivity contribution in [1.29, 1.82) is 0 Å². The van der Waals surface area contributed by atoms with Crippen LogP contribution in [-0.4, -0.2) is 60.6 Å². The molecule has 0 aromatic carbocycles. The Morgan fingerprint density at radius 2 is 2.11 bits per heavy atom. The molecule has 0 saturated carbocycles. The van der Waals surface area contributed by atoms with E-state index in [0.29, 0.717) is 5.54 Å². The smallest absolute Gasteiger partial charge is 0.0278 e. The lowest BCUT2D eigenvalue weighted by Crippen LogP contribution is -2.66. The highest BCUT2D eigenvalue weighted by Gasteiger charge is 2.37. The topological polar surface area (TPSA) is 18.5 Å². The van der Waals surface area contributed by atoms with Crippen LogP contribution in [-0.2, 0) is 0 Å². The van der Waals surface area contributed by atoms with Gasteiger partial charge in [0.05, 0.1) is 0 Å². The summed E-state index contributed by atoms with van der Waals surface area (Å²) in [5.74, 6) is 0. The van der Waals surface area contributed by atoms with Gasteiger partial charge in [0, 0.05) is 37.3 Å². The second-order valence-corrected chi connectivity index (χ2v) is 6.59. The van der Waals surface area contributed by atoms with Gasteiger partial charge in [0.15, 0.2) is 0 Å². The second kappa shape index (κ2) is 5.89. The third-order valence-electron chi connectivity index (χ3n) is 5.09. The lowest BCUT2D eigenvalue weighted by atomic mass is 9.90. The summed E-state index contributed by atoms with van der Waals surface area (Å²) >= 11 is 0. The summed E-state index contributed by atoms with van der Waals surface area (Å²) < 4.78 is 0. The van der Waals surface area contributed by atoms with Crippen LogP contribution in [0.3, 0.4) is 0 Å². The average molecular weight is 253 g/mol. The molecule has 0 aromatic rings. The Kier molecular flexibility index (Phi) is 4.68. The molecule has 2 rings (SSSR count). The first-order chi connectivity index (χ1) is 8.58. The number of rotatable bonds is 3. The van der Waals surface area contributed by atoms with Gasteiger partial charge in [-0.15, -0.1) is 0 Å². The molecule has 18 heavy (non-hydrogen) atoms. The van der Waals surface area contributed by atoms with Gasteiger partial charge in [0.1, 0.15) is 0 Å². The van der Waals surface area contributed by atoms with Crippen molar-refractivity contribution in [3.8, 4) is 0 Å². The second-order valence-electron chi connectivity index (χ2n) is 6.59. The van der Waals surface area contributed by atoms with Crippen LogP contribution in [0.4, 0.5) is 0 Å². The Labute approximate surface area is 113 Å². The van der Waals surface area contributed by atoms with E-state index in [4.69, 9.17) is 0 Å². The van der Waals surface area contributed by atoms with Crippen molar-refractivity contribution in [1.82, 2.24) is 15.1 Å². The highest BCUT2D eigenvalue weighted by Crippen LogP contribution is 2.26. The molecule has 0 aliphatic carbocycles. The third kappa shape index (κ3) is 3.06. The molecule has 2 aliphatic heterocycles. The summed E-state index contributed by atoms with van der Waals surface area (Å²) in [6, 6.07) is 1.52. The van der Waals surface area contributed by atoms with Crippen molar-refractivity contribution in [2.75, 3.05) is 33.2 Å². The molecule has 3 unspecified atom stereocenters. The molecule has 0 aromatic heterocycles. The van der Waals surface area contributed by atoms with E-state index in [0.717, 1.165) is 12.1 Å². The number of piperazine rings is 1. The fourth-order valence-electron chi connectivity index (χ4n) is 3.52. The van der Waals surface area contributed by atoms with Crippen LogP contribution < -0.4 is 5.32 Å². The van der Waals surface area contributed by atoms with Gasteiger partial charge in [-0.2, -0.15) is 0 Å². The van der Waals surface area contributed by atoms with E-state index in [2.05, 4.69) is 42.9 Å². The number of likely N-dealkylation sites (N-methyl/N-ethyl adjacent to an activating group) is 1. The maximum atomic E-state index is 3.77. The molecule has 2 saturated heterocycles. The number of nitrogens with one attached hydrogen (secondary N) is 1. The number of hydrogen-bond acceptors (Lipinski definition) is 3. The lowest BCUT2D eigenvalue weighted by molar-refractivity contribution is 0.0154. The standard InChI is InChI=1S/C15H31N3/c1-5-13-10-16-15(3,6-2)12-18(13)14-8-7-9-17(4)11-14/h13-14,16H,5-12H2,1-4H3. The van der Waals surface area contributed by atoms with Gasteiger partial charge in [-0.25, -0.2) is 0 Å². The minimum atomic E-state index is 0.321. The van der Waals surface area contributed by atoms with E-state index in [9.17, 15) is 0 Å². The van der Waals surface area contributed by atoms with E-state index >= 15 is 0 Å². The highest BCUT2D eigenvalue weighted by molar-refractivity contribution is 4.97. The third-order valence-corrected chi connectivity index (χ3v) is 5.09. The molecule has 3 nitrogen and oxygen atoms in total. The number of piperidine rings is 1. The van der Waals surface area contributed by atoms with Crippen LogP contribution in [0, 0.1) is 0 Å². The molecule has 3 atom stereocenters. The zero-order chi connectivity index (χ0) is 13.2. The molecule has 2 heterocycles. The zero-order valence-corrected chi connectivity index (χ0v) is 12.7. The predicted octanol–water partition coefficient (Wildman–Crippen LogP) is 1.93. The quantitative estimate of drug-likeness (QED) is 0.829. The van der Waals surface area contributed by atoms with Gasteiger partial charge in [0.2, 0.25) is 0 Å². The number of likely N-dealkylation sites (tertiary alicyclic amines) is 1. The monoisotopic (exact) mass is 253 g/mol. The summed E-state index contributed by atoms with van der Waals surface area (Å²) in [5.41, 5.74) is 0.321. The van der Waals surface area contributed by atoms with Gasteiger partial charge in [-0.05, 0) is 46.2 Å². The fraction of sp³-hybridized carbons (Fsp3) is 1.00. The Hall–Kier alpha value is -0.120. The molecule has 0 radical (unpaired) electrons. The van der Waals surface area contributed by atoms with E-state index in [-0.39, 0.29) is 0 Å². The summed E-state index contributed by atoms with van der Waals surface area (Å²) in [5, 5.41) is 3.77. The number of nitrogens with zero attached hydrogens (tertiary/aromatic N) is 2. The molecule has 0 bridgehead atoms. The summed E-state index contributed by atoms with van der Waals surface area (Å²) in [6.45, 7) is 12.0. The summed E-state index contributed by atoms with van der Waals surface area (Å²) in [7, 11) is 2.27. The Morgan fingerprint density at radius 1 is 1.33 bits per heavy atom. The van der Waals surface area contributed by atoms with E-state index in [1.807, 2.05) is 0 Å². The van der Waals surface area contributed by atoms with Crippen LogP contribution in [0.1, 0.15) is 46.5 Å². The molecule has 1 N–H and O–H groups in total. The maximum absolute atomic E-state index is 3.77. The van der Waals surface area contributed by atoms with E-state index < -0.39 is 0 Å². The Balaban J connectivity index is 2.05. The van der Waals surface area contributed by atoms with Crippen molar-refractivity contribution in [3.05, 3.63) is 0 Å². The molecule has 2 aliphatic rings. The van der Waals surface area contributed by atoms with Crippen molar-refractivity contribution in [2.45, 2.75) is 64.1 Å². The molecule has 106 valence electrons. The normalized spacial score (nSPS) is 40.0. The van der Waals surface area contributed by atoms with Gasteiger partial charge in [-0.1, -0.05) is 13.8 Å². The Morgan fingerprint density at radius 3 is 2.72 bits per heavy atom. The first kappa shape index (κ1) is 14.3. The zero-order valence-electron chi connectivity index (χ0n) is 12.7. The molecule has 3 heteroatoms. The van der Waals surface area contributed by atoms with Gasteiger partial charge >= 0.3 is 0 Å². The lowest BCUT2D eigenvalue weighted by Gasteiger charge is -2.50. The van der Waals surface area contributed by atoms with Gasteiger partial charge in [-0.3, -0.25) is 4.90 Å². The first-order valence-corrected chi connectivity index (χ1v) is 7.77. The minimum absolute atomic E-state index is 0.321. The van der Waals surface area contributed by atoms with Crippen LogP contribution >= 0.6 is 0 Å². The summed E-state index contributed by atoms with van der Waals surface area (Å²) in [4.78, 5) is 5.32. The van der Waals surface area contributed by atoms with Crippen molar-refractivity contribution in [3.63, 3.8) is 0 Å². The number of hydrogen-bond donors (Lipinski definition) is 1. The van der Waals surface area contributed by atoms with Gasteiger partial charge < -0.3 is 10.2 Å². The van der Waals surface area contributed by atoms with Crippen molar-refractivity contribution < 1.29 is 0 Å². The average Bonchev–Trinajstić information content (AvgIpc) is 2.39. The van der Waals surface area contributed by atoms with Crippen LogP contribution in [0.25, 0.3) is 0 Å². The van der Waals surface area contributed by atoms with Crippen LogP contribution in [0.2, 0.25) is 0 Å². The molecule has 2 fully saturated rings. The Bertz CT molecular complexity index is 268. The predicted molar refractivity (Wildman–Crippen MR) is 78.0 cm³/mol. The molecular weight excluding hydrogens is 222 g/mol. The van der Waals surface area contributed by atoms with Crippen molar-refractivity contribution in [2.24, 2.45) is 0 Å². The van der Waals surface area contributed by atoms with Crippen LogP contribution in [0.15, 0.2) is 0 Å². The minimum Gasteiger partial charge on any atom is -0.309 e. The molecular formula is C15H31N3. The van der Waals surface area contributed by atoms with Crippen LogP contribution in [0.5, 0.6) is 0 Å². The fourth-order valence-corrected chi connectivity index (χ4v) is 3.52. The van der Waals surface area contributed by atoms with E-state index in [1.54, 1.807) is 0 Å². The SMILES string of the molecule is CCC1CNC(C)(CC)CN1C1CCCN(C)C1. The maximum Gasteiger partial charge on any atom is 0.0278 e. The molecule has 0 spiro atoms. The first-order valence-electron chi connectivity index (χ1n) is 7.77. The van der Waals surface area contributed by atoms with E-state index in [1.165, 1.54) is 51.9 Å². The largest absolute Gasteiger partial charge is 0.309 e.